The van der Waals surface area contributed by atoms with Crippen LogP contribution in [0.25, 0.3) is 0 Å². The van der Waals surface area contributed by atoms with E-state index in [4.69, 9.17) is 9.47 Å². The summed E-state index contributed by atoms with van der Waals surface area (Å²) in [6.45, 7) is 10.0. The van der Waals surface area contributed by atoms with E-state index in [1.807, 2.05) is 64.1 Å². The number of nitrogens with zero attached hydrogens (tertiary/aromatic N) is 1. The number of hydrogen-bond acceptors (Lipinski definition) is 8. The van der Waals surface area contributed by atoms with Gasteiger partial charge in [-0.25, -0.2) is 9.59 Å². The fourth-order valence-corrected chi connectivity index (χ4v) is 5.91. The second kappa shape index (κ2) is 16.2. The number of anilines is 2. The van der Waals surface area contributed by atoms with Crippen LogP contribution in [-0.2, 0) is 49.5 Å². The molecule has 1 atom stereocenters. The Labute approximate surface area is 286 Å². The molecule has 49 heavy (non-hydrogen) atoms. The topological polar surface area (TPSA) is 148 Å². The van der Waals surface area contributed by atoms with Gasteiger partial charge in [-0.2, -0.15) is 0 Å². The Morgan fingerprint density at radius 2 is 1.10 bits per heavy atom. The highest BCUT2D eigenvalue weighted by Gasteiger charge is 2.45. The molecule has 0 aromatic heterocycles. The zero-order valence-electron chi connectivity index (χ0n) is 28.8. The highest BCUT2D eigenvalue weighted by atomic mass is 16.5. The molecular weight excluding hydrogens is 626 g/mol. The highest BCUT2D eigenvalue weighted by Crippen LogP contribution is 2.29. The first kappa shape index (κ1) is 36.5. The van der Waals surface area contributed by atoms with Crippen LogP contribution in [0.4, 0.5) is 11.4 Å². The molecule has 1 heterocycles. The number of benzene rings is 3. The van der Waals surface area contributed by atoms with Crippen molar-refractivity contribution in [2.75, 3.05) is 23.8 Å². The number of hydrogen-bond donors (Lipinski definition) is 2. The summed E-state index contributed by atoms with van der Waals surface area (Å²) >= 11 is 0. The van der Waals surface area contributed by atoms with Gasteiger partial charge in [0.25, 0.3) is 23.6 Å². The normalized spacial score (nSPS) is 12.8. The Balaban J connectivity index is 1.42. The van der Waals surface area contributed by atoms with Gasteiger partial charge in [-0.3, -0.25) is 24.1 Å². The van der Waals surface area contributed by atoms with Crippen LogP contribution in [0.3, 0.4) is 0 Å². The zero-order valence-corrected chi connectivity index (χ0v) is 28.8. The predicted octanol–water partition coefficient (Wildman–Crippen LogP) is 5.53. The molecule has 0 spiro atoms. The molecule has 0 radical (unpaired) electrons. The third-order valence-electron chi connectivity index (χ3n) is 8.51. The number of amides is 4. The third kappa shape index (κ3) is 8.05. The Morgan fingerprint density at radius 3 is 1.55 bits per heavy atom. The Hall–Kier alpha value is -5.32. The molecule has 4 amide bonds. The minimum atomic E-state index is -1.33. The SMILES string of the molecule is CCc1cccc(CC)c1NC(=O)COC(=O)c1ccc2c(c1)C(=O)N([C@@H](C(=O)OCC(=O)Nc1c(CC)cccc1CC)C(C)C)C2=O. The van der Waals surface area contributed by atoms with Gasteiger partial charge in [0, 0.05) is 11.4 Å². The number of para-hydroxylation sites is 2. The average molecular weight is 670 g/mol. The van der Waals surface area contributed by atoms with E-state index in [1.165, 1.54) is 18.2 Å². The maximum atomic E-state index is 13.5. The molecule has 11 heteroatoms. The lowest BCUT2D eigenvalue weighted by atomic mass is 10.0. The molecule has 0 unspecified atom stereocenters. The molecule has 1 aliphatic rings. The summed E-state index contributed by atoms with van der Waals surface area (Å²) in [5.74, 6) is -4.93. The quantitative estimate of drug-likeness (QED) is 0.168. The van der Waals surface area contributed by atoms with Crippen molar-refractivity contribution in [3.63, 3.8) is 0 Å². The van der Waals surface area contributed by atoms with Crippen molar-refractivity contribution in [1.82, 2.24) is 4.90 Å². The maximum absolute atomic E-state index is 13.5. The molecule has 11 nitrogen and oxygen atoms in total. The number of carbonyl (C=O) groups is 6. The first-order valence-electron chi connectivity index (χ1n) is 16.6. The summed E-state index contributed by atoms with van der Waals surface area (Å²) in [6, 6.07) is 14.0. The van der Waals surface area contributed by atoms with Crippen LogP contribution in [0.2, 0.25) is 0 Å². The molecule has 2 N–H and O–H groups in total. The molecule has 258 valence electrons. The van der Waals surface area contributed by atoms with E-state index in [9.17, 15) is 28.8 Å². The van der Waals surface area contributed by atoms with E-state index in [1.54, 1.807) is 13.8 Å². The molecule has 0 saturated heterocycles. The molecule has 0 bridgehead atoms. The minimum absolute atomic E-state index is 0.00187. The van der Waals surface area contributed by atoms with Crippen LogP contribution < -0.4 is 10.6 Å². The zero-order chi connectivity index (χ0) is 35.8. The van der Waals surface area contributed by atoms with Gasteiger partial charge >= 0.3 is 11.9 Å². The van der Waals surface area contributed by atoms with E-state index in [0.29, 0.717) is 37.1 Å². The molecule has 0 aliphatic carbocycles. The Kier molecular flexibility index (Phi) is 12.1. The lowest BCUT2D eigenvalue weighted by Crippen LogP contribution is -2.49. The van der Waals surface area contributed by atoms with Gasteiger partial charge in [0.05, 0.1) is 16.7 Å². The fraction of sp³-hybridized carbons (Fsp3) is 0.368. The molecule has 3 aromatic carbocycles. The first-order valence-corrected chi connectivity index (χ1v) is 16.6. The minimum Gasteiger partial charge on any atom is -0.454 e. The highest BCUT2D eigenvalue weighted by molar-refractivity contribution is 6.23. The lowest BCUT2D eigenvalue weighted by molar-refractivity contribution is -0.152. The third-order valence-corrected chi connectivity index (χ3v) is 8.51. The number of imide groups is 1. The van der Waals surface area contributed by atoms with Crippen LogP contribution in [0, 0.1) is 5.92 Å². The number of carbonyl (C=O) groups excluding carboxylic acids is 6. The van der Waals surface area contributed by atoms with Crippen molar-refractivity contribution < 1.29 is 38.2 Å². The van der Waals surface area contributed by atoms with Crippen LogP contribution in [-0.4, -0.2) is 59.7 Å². The van der Waals surface area contributed by atoms with Gasteiger partial charge < -0.3 is 20.1 Å². The van der Waals surface area contributed by atoms with Crippen molar-refractivity contribution in [2.24, 2.45) is 5.92 Å². The summed E-state index contributed by atoms with van der Waals surface area (Å²) in [4.78, 5) is 79.5. The summed E-state index contributed by atoms with van der Waals surface area (Å²) in [5, 5.41) is 5.66. The molecule has 0 saturated carbocycles. The average Bonchev–Trinajstić information content (AvgIpc) is 3.34. The van der Waals surface area contributed by atoms with Gasteiger partial charge in [-0.05, 0) is 72.1 Å². The first-order chi connectivity index (χ1) is 23.4. The second-order valence-corrected chi connectivity index (χ2v) is 12.0. The van der Waals surface area contributed by atoms with E-state index in [0.717, 1.165) is 27.2 Å². The Bertz CT molecular complexity index is 1740. The predicted molar refractivity (Wildman–Crippen MR) is 184 cm³/mol. The molecule has 0 fully saturated rings. The van der Waals surface area contributed by atoms with Crippen LogP contribution in [0.15, 0.2) is 54.6 Å². The number of nitrogens with one attached hydrogen (secondary N) is 2. The Morgan fingerprint density at radius 1 is 0.653 bits per heavy atom. The van der Waals surface area contributed by atoms with Crippen molar-refractivity contribution in [3.8, 4) is 0 Å². The van der Waals surface area contributed by atoms with E-state index >= 15 is 0 Å². The molecule has 4 rings (SSSR count). The van der Waals surface area contributed by atoms with Crippen molar-refractivity contribution in [2.45, 2.75) is 73.3 Å². The van der Waals surface area contributed by atoms with Gasteiger partial charge in [0.2, 0.25) is 0 Å². The number of ether oxygens (including phenoxy) is 2. The number of esters is 2. The second-order valence-electron chi connectivity index (χ2n) is 12.0. The van der Waals surface area contributed by atoms with Gasteiger partial charge in [0.1, 0.15) is 6.04 Å². The van der Waals surface area contributed by atoms with Crippen LogP contribution >= 0.6 is 0 Å². The largest absolute Gasteiger partial charge is 0.454 e. The van der Waals surface area contributed by atoms with Gasteiger partial charge in [-0.15, -0.1) is 0 Å². The molecular formula is C38H43N3O8. The summed E-state index contributed by atoms with van der Waals surface area (Å²) < 4.78 is 10.6. The van der Waals surface area contributed by atoms with E-state index in [2.05, 4.69) is 10.6 Å². The maximum Gasteiger partial charge on any atom is 0.338 e. The summed E-state index contributed by atoms with van der Waals surface area (Å²) in [6.07, 6.45) is 2.81. The van der Waals surface area contributed by atoms with Crippen molar-refractivity contribution >= 4 is 46.9 Å². The van der Waals surface area contributed by atoms with Crippen molar-refractivity contribution in [1.29, 1.82) is 0 Å². The number of fused-ring (bicyclic) bond motifs is 1. The summed E-state index contributed by atoms with van der Waals surface area (Å²) in [7, 11) is 0. The van der Waals surface area contributed by atoms with E-state index in [-0.39, 0.29) is 16.7 Å². The van der Waals surface area contributed by atoms with Crippen LogP contribution in [0.5, 0.6) is 0 Å². The van der Waals surface area contributed by atoms with Crippen LogP contribution in [0.1, 0.15) is 94.9 Å². The lowest BCUT2D eigenvalue weighted by Gasteiger charge is -2.27. The summed E-state index contributed by atoms with van der Waals surface area (Å²) in [5.41, 5.74) is 5.05. The fourth-order valence-electron chi connectivity index (χ4n) is 5.91. The van der Waals surface area contributed by atoms with Crippen molar-refractivity contribution in [3.05, 3.63) is 93.5 Å². The monoisotopic (exact) mass is 669 g/mol. The molecule has 3 aromatic rings. The standard InChI is InChI=1S/C38H43N3O8/c1-7-23-13-11-14-24(8-2)32(23)39-30(42)20-48-37(46)27-17-18-28-29(19-27)36(45)41(35(28)44)34(22(5)6)38(47)49-21-31(43)40-33-25(9-3)15-12-16-26(33)10-4/h11-19,22,34H,7-10,20-21H2,1-6H3,(H,39,42)(H,40,43)/t34-/m1/s1. The smallest absolute Gasteiger partial charge is 0.338 e. The van der Waals surface area contributed by atoms with Gasteiger partial charge in [-0.1, -0.05) is 77.9 Å². The number of aryl methyl sites for hydroxylation is 4. The van der Waals surface area contributed by atoms with E-state index < -0.39 is 60.7 Å². The number of rotatable bonds is 14. The molecule has 1 aliphatic heterocycles. The van der Waals surface area contributed by atoms with Gasteiger partial charge in [0.15, 0.2) is 13.2 Å².